The fourth-order valence-electron chi connectivity index (χ4n) is 2.25. The van der Waals surface area contributed by atoms with Crippen molar-refractivity contribution in [1.29, 1.82) is 0 Å². The molecule has 102 valence electrons. The minimum absolute atomic E-state index is 0.468. The summed E-state index contributed by atoms with van der Waals surface area (Å²) in [7, 11) is 0. The van der Waals surface area contributed by atoms with Gasteiger partial charge in [-0.2, -0.15) is 0 Å². The van der Waals surface area contributed by atoms with Crippen LogP contribution in [0.5, 0.6) is 0 Å². The SMILES string of the molecule is CCCCCCCn1c(=O)oc(=O)c2ccccc21. The molecule has 0 aliphatic carbocycles. The monoisotopic (exact) mass is 261 g/mol. The zero-order valence-corrected chi connectivity index (χ0v) is 11.2. The third-order valence-corrected chi connectivity index (χ3v) is 3.30. The maximum atomic E-state index is 11.8. The molecule has 2 rings (SSSR count). The van der Waals surface area contributed by atoms with Crippen molar-refractivity contribution in [2.75, 3.05) is 0 Å². The van der Waals surface area contributed by atoms with Gasteiger partial charge in [-0.1, -0.05) is 44.7 Å². The summed E-state index contributed by atoms with van der Waals surface area (Å²) in [6, 6.07) is 7.08. The van der Waals surface area contributed by atoms with Crippen molar-refractivity contribution < 1.29 is 4.42 Å². The highest BCUT2D eigenvalue weighted by Gasteiger charge is 2.07. The van der Waals surface area contributed by atoms with Gasteiger partial charge in [-0.05, 0) is 18.6 Å². The van der Waals surface area contributed by atoms with Crippen LogP contribution in [0.4, 0.5) is 0 Å². The zero-order valence-electron chi connectivity index (χ0n) is 11.2. The number of unbranched alkanes of at least 4 members (excludes halogenated alkanes) is 4. The highest BCUT2D eigenvalue weighted by atomic mass is 16.4. The summed E-state index contributed by atoms with van der Waals surface area (Å²) >= 11 is 0. The van der Waals surface area contributed by atoms with Crippen LogP contribution >= 0.6 is 0 Å². The fraction of sp³-hybridized carbons (Fsp3) is 0.467. The summed E-state index contributed by atoms with van der Waals surface area (Å²) < 4.78 is 6.31. The van der Waals surface area contributed by atoms with Crippen LogP contribution < -0.4 is 11.4 Å². The van der Waals surface area contributed by atoms with Gasteiger partial charge in [0.15, 0.2) is 0 Å². The van der Waals surface area contributed by atoms with E-state index in [2.05, 4.69) is 6.92 Å². The fourth-order valence-corrected chi connectivity index (χ4v) is 2.25. The molecular weight excluding hydrogens is 242 g/mol. The normalized spacial score (nSPS) is 11.0. The van der Waals surface area contributed by atoms with Gasteiger partial charge in [-0.25, -0.2) is 9.59 Å². The third-order valence-electron chi connectivity index (χ3n) is 3.30. The van der Waals surface area contributed by atoms with E-state index < -0.39 is 11.4 Å². The Bertz CT molecular complexity index is 654. The van der Waals surface area contributed by atoms with Crippen LogP contribution in [0.2, 0.25) is 0 Å². The molecule has 0 fully saturated rings. The lowest BCUT2D eigenvalue weighted by atomic mass is 10.1. The van der Waals surface area contributed by atoms with Crippen molar-refractivity contribution in [2.24, 2.45) is 0 Å². The van der Waals surface area contributed by atoms with Crippen LogP contribution in [0.3, 0.4) is 0 Å². The minimum Gasteiger partial charge on any atom is -0.372 e. The van der Waals surface area contributed by atoms with Crippen LogP contribution in [0.25, 0.3) is 10.9 Å². The molecule has 2 aromatic rings. The Morgan fingerprint density at radius 2 is 1.79 bits per heavy atom. The smallest absolute Gasteiger partial charge is 0.372 e. The summed E-state index contributed by atoms with van der Waals surface area (Å²) in [4.78, 5) is 23.4. The Morgan fingerprint density at radius 1 is 1.05 bits per heavy atom. The van der Waals surface area contributed by atoms with E-state index >= 15 is 0 Å². The number of hydrogen-bond donors (Lipinski definition) is 0. The Balaban J connectivity index is 2.23. The Hall–Kier alpha value is -1.84. The van der Waals surface area contributed by atoms with Gasteiger partial charge in [0.05, 0.1) is 10.9 Å². The summed E-state index contributed by atoms with van der Waals surface area (Å²) in [5.74, 6) is -0.556. The first-order valence-corrected chi connectivity index (χ1v) is 6.86. The molecule has 0 unspecified atom stereocenters. The molecule has 0 atom stereocenters. The molecule has 0 radical (unpaired) electrons. The second kappa shape index (κ2) is 6.36. The van der Waals surface area contributed by atoms with Crippen molar-refractivity contribution in [3.05, 3.63) is 45.2 Å². The van der Waals surface area contributed by atoms with E-state index in [4.69, 9.17) is 4.42 Å². The minimum atomic E-state index is -0.556. The van der Waals surface area contributed by atoms with E-state index in [0.717, 1.165) is 12.8 Å². The standard InChI is InChI=1S/C15H19NO3/c1-2-3-4-5-8-11-16-13-10-7-6-9-12(13)14(17)19-15(16)18/h6-7,9-10H,2-5,8,11H2,1H3. The molecule has 0 saturated heterocycles. The maximum Gasteiger partial charge on any atom is 0.422 e. The number of benzene rings is 1. The number of para-hydroxylation sites is 1. The van der Waals surface area contributed by atoms with Crippen molar-refractivity contribution in [3.8, 4) is 0 Å². The van der Waals surface area contributed by atoms with Gasteiger partial charge in [0.2, 0.25) is 0 Å². The molecule has 1 heterocycles. The maximum absolute atomic E-state index is 11.8. The predicted octanol–water partition coefficient (Wildman–Crippen LogP) is 2.93. The van der Waals surface area contributed by atoms with Crippen LogP contribution in [0.15, 0.2) is 38.3 Å². The van der Waals surface area contributed by atoms with E-state index in [9.17, 15) is 9.59 Å². The van der Waals surface area contributed by atoms with Crippen LogP contribution in [0.1, 0.15) is 39.0 Å². The van der Waals surface area contributed by atoms with E-state index in [1.807, 2.05) is 6.07 Å². The second-order valence-corrected chi connectivity index (χ2v) is 4.74. The number of rotatable bonds is 6. The van der Waals surface area contributed by atoms with E-state index in [0.29, 0.717) is 17.4 Å². The number of aromatic nitrogens is 1. The van der Waals surface area contributed by atoms with Crippen molar-refractivity contribution in [2.45, 2.75) is 45.6 Å². The van der Waals surface area contributed by atoms with Crippen LogP contribution in [0, 0.1) is 0 Å². The number of aryl methyl sites for hydroxylation is 1. The first-order valence-electron chi connectivity index (χ1n) is 6.86. The molecule has 0 N–H and O–H groups in total. The highest BCUT2D eigenvalue weighted by Crippen LogP contribution is 2.09. The molecule has 4 heteroatoms. The molecule has 0 saturated carbocycles. The Labute approximate surface area is 111 Å². The van der Waals surface area contributed by atoms with Crippen molar-refractivity contribution >= 4 is 10.9 Å². The molecule has 19 heavy (non-hydrogen) atoms. The van der Waals surface area contributed by atoms with Crippen LogP contribution in [-0.4, -0.2) is 4.57 Å². The molecule has 1 aromatic carbocycles. The van der Waals surface area contributed by atoms with Crippen LogP contribution in [-0.2, 0) is 6.54 Å². The average molecular weight is 261 g/mol. The molecule has 0 aliphatic heterocycles. The van der Waals surface area contributed by atoms with Crippen molar-refractivity contribution in [1.82, 2.24) is 4.57 Å². The summed E-state index contributed by atoms with van der Waals surface area (Å²) in [6.45, 7) is 2.77. The zero-order chi connectivity index (χ0) is 13.7. The highest BCUT2D eigenvalue weighted by molar-refractivity contribution is 5.77. The molecule has 0 amide bonds. The van der Waals surface area contributed by atoms with Crippen molar-refractivity contribution in [3.63, 3.8) is 0 Å². The van der Waals surface area contributed by atoms with Gasteiger partial charge in [0, 0.05) is 6.54 Å². The molecular formula is C15H19NO3. The topological polar surface area (TPSA) is 52.2 Å². The summed E-state index contributed by atoms with van der Waals surface area (Å²) in [5, 5.41) is 0.468. The predicted molar refractivity (Wildman–Crippen MR) is 75.5 cm³/mol. The lowest BCUT2D eigenvalue weighted by Crippen LogP contribution is -2.25. The Kier molecular flexibility index (Phi) is 4.55. The largest absolute Gasteiger partial charge is 0.422 e. The summed E-state index contributed by atoms with van der Waals surface area (Å²) in [6.07, 6.45) is 5.62. The molecule has 1 aromatic heterocycles. The lowest BCUT2D eigenvalue weighted by Gasteiger charge is -2.07. The number of nitrogens with zero attached hydrogens (tertiary/aromatic N) is 1. The van der Waals surface area contributed by atoms with Gasteiger partial charge in [0.1, 0.15) is 0 Å². The van der Waals surface area contributed by atoms with Gasteiger partial charge < -0.3 is 4.42 Å². The third kappa shape index (κ3) is 3.13. The Morgan fingerprint density at radius 3 is 2.58 bits per heavy atom. The van der Waals surface area contributed by atoms with Gasteiger partial charge in [0.25, 0.3) is 0 Å². The average Bonchev–Trinajstić information content (AvgIpc) is 2.42. The molecule has 0 aliphatic rings. The quantitative estimate of drug-likeness (QED) is 0.751. The van der Waals surface area contributed by atoms with E-state index in [1.165, 1.54) is 19.3 Å². The molecule has 0 bridgehead atoms. The second-order valence-electron chi connectivity index (χ2n) is 4.74. The first-order chi connectivity index (χ1) is 9.24. The number of fused-ring (bicyclic) bond motifs is 1. The molecule has 4 nitrogen and oxygen atoms in total. The van der Waals surface area contributed by atoms with E-state index in [1.54, 1.807) is 22.8 Å². The van der Waals surface area contributed by atoms with Gasteiger partial charge >= 0.3 is 11.4 Å². The lowest BCUT2D eigenvalue weighted by molar-refractivity contribution is 0.409. The molecule has 0 spiro atoms. The van der Waals surface area contributed by atoms with Gasteiger partial charge in [-0.15, -0.1) is 0 Å². The summed E-state index contributed by atoms with van der Waals surface area (Å²) in [5.41, 5.74) is 0.113. The number of hydrogen-bond acceptors (Lipinski definition) is 3. The first kappa shape index (κ1) is 13.6. The van der Waals surface area contributed by atoms with Gasteiger partial charge in [-0.3, -0.25) is 4.57 Å². The van der Waals surface area contributed by atoms with E-state index in [-0.39, 0.29) is 0 Å².